The molecule has 1 aromatic carbocycles. The fourth-order valence-electron chi connectivity index (χ4n) is 1.47. The zero-order chi connectivity index (χ0) is 12.3. The van der Waals surface area contributed by atoms with E-state index in [9.17, 15) is 0 Å². The minimum Gasteiger partial charge on any atom is -0.384 e. The lowest BCUT2D eigenvalue weighted by Crippen LogP contribution is -2.28. The van der Waals surface area contributed by atoms with Gasteiger partial charge in [-0.05, 0) is 47.5 Å². The van der Waals surface area contributed by atoms with Gasteiger partial charge >= 0.3 is 0 Å². The highest BCUT2D eigenvalue weighted by molar-refractivity contribution is 9.10. The van der Waals surface area contributed by atoms with E-state index in [-0.39, 0.29) is 5.84 Å². The highest BCUT2D eigenvalue weighted by Gasteiger charge is 2.10. The molecule has 3 N–H and O–H groups in total. The Bertz CT molecular complexity index is 390. The van der Waals surface area contributed by atoms with Gasteiger partial charge in [0.05, 0.1) is 0 Å². The quantitative estimate of drug-likeness (QED) is 0.659. The van der Waals surface area contributed by atoms with E-state index in [4.69, 9.17) is 11.1 Å². The van der Waals surface area contributed by atoms with Gasteiger partial charge in [0.2, 0.25) is 0 Å². The topological polar surface area (TPSA) is 53.1 Å². The van der Waals surface area contributed by atoms with Gasteiger partial charge in [-0.15, -0.1) is 0 Å². The Morgan fingerprint density at radius 1 is 1.56 bits per heavy atom. The molecule has 0 saturated heterocycles. The summed E-state index contributed by atoms with van der Waals surface area (Å²) in [7, 11) is 2.07. The van der Waals surface area contributed by atoms with Gasteiger partial charge in [-0.2, -0.15) is 0 Å². The number of nitrogens with zero attached hydrogens (tertiary/aromatic N) is 1. The number of halogens is 1. The van der Waals surface area contributed by atoms with Crippen LogP contribution in [0.3, 0.4) is 0 Å². The second-order valence-electron chi connectivity index (χ2n) is 3.95. The molecule has 1 unspecified atom stereocenters. The molecule has 0 aromatic heterocycles. The molecule has 0 aliphatic carbocycles. The van der Waals surface area contributed by atoms with Crippen LogP contribution in [0.15, 0.2) is 22.7 Å². The first kappa shape index (κ1) is 13.0. The van der Waals surface area contributed by atoms with Crippen molar-refractivity contribution in [2.45, 2.75) is 26.3 Å². The summed E-state index contributed by atoms with van der Waals surface area (Å²) >= 11 is 3.44. The van der Waals surface area contributed by atoms with Gasteiger partial charge in [0, 0.05) is 28.8 Å². The highest BCUT2D eigenvalue weighted by Crippen LogP contribution is 2.24. The maximum atomic E-state index is 7.41. The number of hydrogen-bond acceptors (Lipinski definition) is 2. The molecule has 0 aliphatic rings. The summed E-state index contributed by atoms with van der Waals surface area (Å²) in [6, 6.07) is 6.37. The van der Waals surface area contributed by atoms with Crippen LogP contribution in [0.2, 0.25) is 0 Å². The molecule has 0 radical (unpaired) electrons. The number of nitrogens with one attached hydrogen (secondary N) is 1. The molecule has 0 amide bonds. The van der Waals surface area contributed by atoms with Crippen LogP contribution < -0.4 is 10.6 Å². The normalized spacial score (nSPS) is 12.2. The number of rotatable bonds is 4. The summed E-state index contributed by atoms with van der Waals surface area (Å²) in [5.74, 6) is 0.0876. The third kappa shape index (κ3) is 2.76. The van der Waals surface area contributed by atoms with Crippen LogP contribution in [0.4, 0.5) is 5.69 Å². The first-order valence-corrected chi connectivity index (χ1v) is 6.13. The average molecular weight is 284 g/mol. The molecule has 1 aromatic rings. The van der Waals surface area contributed by atoms with Crippen LogP contribution in [0.1, 0.15) is 25.8 Å². The summed E-state index contributed by atoms with van der Waals surface area (Å²) in [5.41, 5.74) is 7.33. The summed E-state index contributed by atoms with van der Waals surface area (Å²) in [4.78, 5) is 2.22. The molecule has 0 bridgehead atoms. The number of nitrogen functional groups attached to an aromatic ring is 1. The van der Waals surface area contributed by atoms with Gasteiger partial charge in [0.1, 0.15) is 5.84 Å². The molecule has 1 rings (SSSR count). The van der Waals surface area contributed by atoms with Crippen molar-refractivity contribution in [3.63, 3.8) is 0 Å². The first-order chi connectivity index (χ1) is 7.47. The number of benzene rings is 1. The average Bonchev–Trinajstić information content (AvgIpc) is 2.26. The van der Waals surface area contributed by atoms with Crippen molar-refractivity contribution in [3.05, 3.63) is 28.2 Å². The van der Waals surface area contributed by atoms with E-state index in [1.165, 1.54) is 0 Å². The van der Waals surface area contributed by atoms with Crippen LogP contribution in [-0.4, -0.2) is 18.9 Å². The summed E-state index contributed by atoms with van der Waals surface area (Å²) < 4.78 is 0.868. The van der Waals surface area contributed by atoms with E-state index in [0.29, 0.717) is 6.04 Å². The van der Waals surface area contributed by atoms with Crippen LogP contribution in [0.5, 0.6) is 0 Å². The van der Waals surface area contributed by atoms with Crippen molar-refractivity contribution >= 4 is 27.5 Å². The van der Waals surface area contributed by atoms with Gasteiger partial charge in [0.15, 0.2) is 0 Å². The molecule has 3 nitrogen and oxygen atoms in total. The molecule has 1 atom stereocenters. The largest absolute Gasteiger partial charge is 0.384 e. The molecular formula is C12H18BrN3. The monoisotopic (exact) mass is 283 g/mol. The molecule has 0 fully saturated rings. The minimum absolute atomic E-state index is 0.0876. The van der Waals surface area contributed by atoms with Crippen molar-refractivity contribution in [3.8, 4) is 0 Å². The Morgan fingerprint density at radius 3 is 2.62 bits per heavy atom. The predicted octanol–water partition coefficient (Wildman–Crippen LogP) is 2.97. The third-order valence-corrected chi connectivity index (χ3v) is 3.56. The van der Waals surface area contributed by atoms with Gasteiger partial charge in [-0.3, -0.25) is 5.41 Å². The molecule has 0 aliphatic heterocycles. The zero-order valence-corrected chi connectivity index (χ0v) is 11.5. The Morgan fingerprint density at radius 2 is 2.19 bits per heavy atom. The molecule has 0 heterocycles. The molecule has 0 saturated carbocycles. The number of nitrogens with two attached hydrogens (primary N) is 1. The number of anilines is 1. The summed E-state index contributed by atoms with van der Waals surface area (Å²) in [6.07, 6.45) is 1.10. The van der Waals surface area contributed by atoms with Crippen LogP contribution >= 0.6 is 15.9 Å². The highest BCUT2D eigenvalue weighted by atomic mass is 79.9. The van der Waals surface area contributed by atoms with Gasteiger partial charge in [-0.25, -0.2) is 0 Å². The van der Waals surface area contributed by atoms with E-state index in [2.05, 4.69) is 41.7 Å². The summed E-state index contributed by atoms with van der Waals surface area (Å²) in [6.45, 7) is 4.35. The zero-order valence-electron chi connectivity index (χ0n) is 9.92. The Hall–Kier alpha value is -1.03. The van der Waals surface area contributed by atoms with Crippen molar-refractivity contribution in [2.24, 2.45) is 5.73 Å². The van der Waals surface area contributed by atoms with E-state index in [1.807, 2.05) is 18.2 Å². The van der Waals surface area contributed by atoms with E-state index in [0.717, 1.165) is 22.1 Å². The lowest BCUT2D eigenvalue weighted by molar-refractivity contribution is 0.664. The minimum atomic E-state index is 0.0876. The van der Waals surface area contributed by atoms with Gasteiger partial charge < -0.3 is 10.6 Å². The van der Waals surface area contributed by atoms with Crippen molar-refractivity contribution in [1.29, 1.82) is 5.41 Å². The fraction of sp³-hybridized carbons (Fsp3) is 0.417. The van der Waals surface area contributed by atoms with Crippen LogP contribution in [0.25, 0.3) is 0 Å². The second kappa shape index (κ2) is 5.34. The predicted molar refractivity (Wildman–Crippen MR) is 73.3 cm³/mol. The molecule has 88 valence electrons. The Labute approximate surface area is 105 Å². The van der Waals surface area contributed by atoms with E-state index < -0.39 is 0 Å². The third-order valence-electron chi connectivity index (χ3n) is 2.90. The first-order valence-electron chi connectivity index (χ1n) is 5.34. The van der Waals surface area contributed by atoms with Gasteiger partial charge in [-0.1, -0.05) is 6.92 Å². The fourth-order valence-corrected chi connectivity index (χ4v) is 2.05. The molecule has 16 heavy (non-hydrogen) atoms. The lowest BCUT2D eigenvalue weighted by atomic mass is 10.1. The summed E-state index contributed by atoms with van der Waals surface area (Å²) in [5, 5.41) is 7.41. The van der Waals surface area contributed by atoms with Crippen molar-refractivity contribution < 1.29 is 0 Å². The van der Waals surface area contributed by atoms with Gasteiger partial charge in [0.25, 0.3) is 0 Å². The van der Waals surface area contributed by atoms with Crippen LogP contribution in [0, 0.1) is 5.41 Å². The van der Waals surface area contributed by atoms with Crippen LogP contribution in [-0.2, 0) is 0 Å². The standard InChI is InChI=1S/C12H18BrN3/c1-4-8(2)16(3)9-5-6-10(12(14)15)11(13)7-9/h5-8H,4H2,1-3H3,(H3,14,15). The van der Waals surface area contributed by atoms with E-state index in [1.54, 1.807) is 0 Å². The smallest absolute Gasteiger partial charge is 0.123 e. The maximum Gasteiger partial charge on any atom is 0.123 e. The molecule has 4 heteroatoms. The molecule has 0 spiro atoms. The van der Waals surface area contributed by atoms with Crippen molar-refractivity contribution in [2.75, 3.05) is 11.9 Å². The number of hydrogen-bond donors (Lipinski definition) is 2. The SMILES string of the molecule is CCC(C)N(C)c1ccc(C(=N)N)c(Br)c1. The van der Waals surface area contributed by atoms with Crippen molar-refractivity contribution in [1.82, 2.24) is 0 Å². The number of amidine groups is 1. The Kier molecular flexibility index (Phi) is 4.35. The maximum absolute atomic E-state index is 7.41. The Balaban J connectivity index is 3.01. The molecular weight excluding hydrogens is 266 g/mol. The lowest BCUT2D eigenvalue weighted by Gasteiger charge is -2.26. The second-order valence-corrected chi connectivity index (χ2v) is 4.80. The van der Waals surface area contributed by atoms with E-state index >= 15 is 0 Å².